The lowest BCUT2D eigenvalue weighted by molar-refractivity contribution is -0.136. The number of aromatic nitrogens is 4. The normalized spacial score (nSPS) is 10.6. The molecule has 0 saturated carbocycles. The molecule has 0 aliphatic carbocycles. The molecule has 0 aromatic carbocycles. The van der Waals surface area contributed by atoms with E-state index in [-0.39, 0.29) is 6.42 Å². The fraction of sp³-hybridized carbons (Fsp3) is 0.400. The fourth-order valence-corrected chi connectivity index (χ4v) is 2.02. The number of hydrogen-bond acceptors (Lipinski definition) is 5. The summed E-state index contributed by atoms with van der Waals surface area (Å²) in [5.41, 5.74) is 1.64. The van der Waals surface area contributed by atoms with E-state index < -0.39 is 5.97 Å². The second-order valence-corrected chi connectivity index (χ2v) is 4.72. The first-order valence-electron chi connectivity index (χ1n) is 5.15. The summed E-state index contributed by atoms with van der Waals surface area (Å²) in [5, 5.41) is 19.4. The molecule has 2 aromatic rings. The van der Waals surface area contributed by atoms with Gasteiger partial charge < -0.3 is 5.11 Å². The van der Waals surface area contributed by atoms with Crippen LogP contribution >= 0.6 is 11.3 Å². The van der Waals surface area contributed by atoms with Crippen molar-refractivity contribution in [3.05, 3.63) is 28.0 Å². The highest BCUT2D eigenvalue weighted by molar-refractivity contribution is 7.09. The molecule has 0 fully saturated rings. The Balaban J connectivity index is 1.96. The molecular formula is C10H12N4O2S. The summed E-state index contributed by atoms with van der Waals surface area (Å²) in [6.45, 7) is 2.53. The van der Waals surface area contributed by atoms with Crippen LogP contribution in [0.5, 0.6) is 0 Å². The summed E-state index contributed by atoms with van der Waals surface area (Å²) in [6.07, 6.45) is 2.25. The van der Waals surface area contributed by atoms with Crippen molar-refractivity contribution < 1.29 is 9.90 Å². The summed E-state index contributed by atoms with van der Waals surface area (Å²) < 4.78 is 1.67. The molecule has 0 amide bonds. The van der Waals surface area contributed by atoms with E-state index in [1.54, 1.807) is 22.2 Å². The number of nitrogens with zero attached hydrogens (tertiary/aromatic N) is 4. The molecule has 90 valence electrons. The van der Waals surface area contributed by atoms with E-state index in [1.165, 1.54) is 0 Å². The number of hydrogen-bond donors (Lipinski definition) is 1. The van der Waals surface area contributed by atoms with Crippen LogP contribution in [0.4, 0.5) is 0 Å². The highest BCUT2D eigenvalue weighted by Gasteiger charge is 2.05. The molecule has 2 aromatic heterocycles. The Hall–Kier alpha value is -1.76. The summed E-state index contributed by atoms with van der Waals surface area (Å²) in [6, 6.07) is 0. The van der Waals surface area contributed by atoms with E-state index in [2.05, 4.69) is 15.3 Å². The lowest BCUT2D eigenvalue weighted by Crippen LogP contribution is -2.00. The van der Waals surface area contributed by atoms with Gasteiger partial charge in [0, 0.05) is 18.0 Å². The van der Waals surface area contributed by atoms with E-state index in [0.29, 0.717) is 18.7 Å². The van der Waals surface area contributed by atoms with Crippen molar-refractivity contribution in [3.8, 4) is 0 Å². The van der Waals surface area contributed by atoms with Gasteiger partial charge in [0.25, 0.3) is 0 Å². The van der Waals surface area contributed by atoms with Gasteiger partial charge in [0.2, 0.25) is 0 Å². The molecule has 0 atom stereocenters. The topological polar surface area (TPSA) is 80.9 Å². The smallest absolute Gasteiger partial charge is 0.303 e. The maximum absolute atomic E-state index is 10.4. The van der Waals surface area contributed by atoms with Crippen molar-refractivity contribution in [3.63, 3.8) is 0 Å². The second-order valence-electron chi connectivity index (χ2n) is 3.66. The quantitative estimate of drug-likeness (QED) is 0.862. The highest BCUT2D eigenvalue weighted by Crippen LogP contribution is 2.09. The Morgan fingerprint density at radius 2 is 2.35 bits per heavy atom. The van der Waals surface area contributed by atoms with Gasteiger partial charge in [-0.15, -0.1) is 16.4 Å². The largest absolute Gasteiger partial charge is 0.481 e. The summed E-state index contributed by atoms with van der Waals surface area (Å²) >= 11 is 1.59. The zero-order valence-electron chi connectivity index (χ0n) is 9.33. The first-order valence-corrected chi connectivity index (χ1v) is 6.03. The number of carbonyl (C=O) groups is 1. The Kier molecular flexibility index (Phi) is 3.48. The molecule has 0 aliphatic heterocycles. The van der Waals surface area contributed by atoms with Crippen LogP contribution in [0.2, 0.25) is 0 Å². The molecule has 1 N–H and O–H groups in total. The summed E-state index contributed by atoms with van der Waals surface area (Å²) in [7, 11) is 0. The molecule has 0 unspecified atom stereocenters. The molecule has 2 heterocycles. The van der Waals surface area contributed by atoms with Crippen molar-refractivity contribution in [1.29, 1.82) is 0 Å². The minimum absolute atomic E-state index is 0.0779. The molecule has 17 heavy (non-hydrogen) atoms. The van der Waals surface area contributed by atoms with Gasteiger partial charge in [0.1, 0.15) is 0 Å². The first-order chi connectivity index (χ1) is 8.13. The maximum Gasteiger partial charge on any atom is 0.303 e. The zero-order chi connectivity index (χ0) is 12.3. The van der Waals surface area contributed by atoms with Crippen LogP contribution in [-0.4, -0.2) is 31.1 Å². The van der Waals surface area contributed by atoms with Gasteiger partial charge >= 0.3 is 5.97 Å². The van der Waals surface area contributed by atoms with Crippen LogP contribution in [0.25, 0.3) is 0 Å². The van der Waals surface area contributed by atoms with Crippen LogP contribution in [-0.2, 0) is 17.8 Å². The average Bonchev–Trinajstić information content (AvgIpc) is 2.86. The zero-order valence-corrected chi connectivity index (χ0v) is 10.1. The van der Waals surface area contributed by atoms with E-state index in [4.69, 9.17) is 5.11 Å². The van der Waals surface area contributed by atoms with Crippen molar-refractivity contribution in [2.75, 3.05) is 0 Å². The third kappa shape index (κ3) is 3.35. The van der Waals surface area contributed by atoms with Gasteiger partial charge in [-0.1, -0.05) is 5.21 Å². The minimum atomic E-state index is -0.824. The molecule has 7 heteroatoms. The van der Waals surface area contributed by atoms with Crippen LogP contribution in [0.3, 0.4) is 0 Å². The molecular weight excluding hydrogens is 240 g/mol. The molecule has 0 radical (unpaired) electrons. The van der Waals surface area contributed by atoms with Crippen molar-refractivity contribution in [1.82, 2.24) is 20.0 Å². The SMILES string of the molecule is Cc1nc(Cn2cc(CCC(=O)O)nn2)cs1. The molecule has 6 nitrogen and oxygen atoms in total. The highest BCUT2D eigenvalue weighted by atomic mass is 32.1. The molecule has 0 spiro atoms. The molecule has 2 rings (SSSR count). The van der Waals surface area contributed by atoms with Crippen molar-refractivity contribution in [2.45, 2.75) is 26.3 Å². The van der Waals surface area contributed by atoms with Crippen LogP contribution < -0.4 is 0 Å². The van der Waals surface area contributed by atoms with Crippen molar-refractivity contribution in [2.24, 2.45) is 0 Å². The predicted octanol–water partition coefficient (Wildman–Crippen LogP) is 1.11. The Labute approximate surface area is 102 Å². The van der Waals surface area contributed by atoms with E-state index in [9.17, 15) is 4.79 Å². The van der Waals surface area contributed by atoms with Gasteiger partial charge in [-0.2, -0.15) is 0 Å². The minimum Gasteiger partial charge on any atom is -0.481 e. The monoisotopic (exact) mass is 252 g/mol. The molecule has 0 bridgehead atoms. The number of carboxylic acid groups (broad SMARTS) is 1. The van der Waals surface area contributed by atoms with Crippen LogP contribution in [0.1, 0.15) is 22.8 Å². The Morgan fingerprint density at radius 3 is 3.00 bits per heavy atom. The number of aryl methyl sites for hydroxylation is 2. The predicted molar refractivity (Wildman–Crippen MR) is 61.9 cm³/mol. The average molecular weight is 252 g/mol. The van der Waals surface area contributed by atoms with E-state index in [1.807, 2.05) is 12.3 Å². The number of aliphatic carboxylic acids is 1. The van der Waals surface area contributed by atoms with Gasteiger partial charge in [-0.3, -0.25) is 4.79 Å². The number of rotatable bonds is 5. The van der Waals surface area contributed by atoms with Gasteiger partial charge in [0.15, 0.2) is 0 Å². The third-order valence-corrected chi connectivity index (χ3v) is 2.99. The van der Waals surface area contributed by atoms with Gasteiger partial charge in [-0.25, -0.2) is 9.67 Å². The third-order valence-electron chi connectivity index (χ3n) is 2.17. The Morgan fingerprint density at radius 1 is 1.53 bits per heavy atom. The van der Waals surface area contributed by atoms with Gasteiger partial charge in [-0.05, 0) is 6.92 Å². The fourth-order valence-electron chi connectivity index (χ4n) is 1.41. The van der Waals surface area contributed by atoms with E-state index >= 15 is 0 Å². The van der Waals surface area contributed by atoms with Crippen LogP contribution in [0, 0.1) is 6.92 Å². The number of carboxylic acids is 1. The summed E-state index contributed by atoms with van der Waals surface area (Å²) in [4.78, 5) is 14.7. The second kappa shape index (κ2) is 5.05. The standard InChI is InChI=1S/C10H12N4O2S/c1-7-11-9(6-17-7)5-14-4-8(12-13-14)2-3-10(15)16/h4,6H,2-3,5H2,1H3,(H,15,16). The lowest BCUT2D eigenvalue weighted by Gasteiger charge is -1.94. The van der Waals surface area contributed by atoms with Crippen molar-refractivity contribution >= 4 is 17.3 Å². The van der Waals surface area contributed by atoms with E-state index in [0.717, 1.165) is 10.7 Å². The summed E-state index contributed by atoms with van der Waals surface area (Å²) in [5.74, 6) is -0.824. The van der Waals surface area contributed by atoms with Crippen LogP contribution in [0.15, 0.2) is 11.6 Å². The Bertz CT molecular complexity index is 520. The van der Waals surface area contributed by atoms with Gasteiger partial charge in [0.05, 0.1) is 29.4 Å². The molecule has 0 saturated heterocycles. The first kappa shape index (κ1) is 11.7. The maximum atomic E-state index is 10.4. The lowest BCUT2D eigenvalue weighted by atomic mass is 10.2. The molecule has 0 aliphatic rings. The number of thiazole rings is 1.